The molecular formula is C26H28F2N2OS. The van der Waals surface area contributed by atoms with Gasteiger partial charge in [-0.05, 0) is 91.1 Å². The number of carbonyl (C=O) groups excluding carboxylic acids is 1. The summed E-state index contributed by atoms with van der Waals surface area (Å²) < 4.78 is 27.1. The van der Waals surface area contributed by atoms with Crippen LogP contribution in [0.1, 0.15) is 42.9 Å². The van der Waals surface area contributed by atoms with Crippen molar-refractivity contribution in [2.45, 2.75) is 51.1 Å². The molecule has 3 aromatic rings. The first kappa shape index (κ1) is 22.6. The van der Waals surface area contributed by atoms with Crippen LogP contribution in [0.15, 0.2) is 53.9 Å². The minimum atomic E-state index is -0.600. The lowest BCUT2D eigenvalue weighted by Gasteiger charge is -2.22. The third-order valence-electron chi connectivity index (χ3n) is 5.95. The number of rotatable bonds is 9. The predicted octanol–water partition coefficient (Wildman–Crippen LogP) is 5.72. The fraction of sp³-hybridized carbons (Fsp3) is 0.346. The number of hydrogen-bond acceptors (Lipinski definition) is 3. The Morgan fingerprint density at radius 1 is 1.12 bits per heavy atom. The number of halogens is 2. The zero-order valence-corrected chi connectivity index (χ0v) is 19.2. The summed E-state index contributed by atoms with van der Waals surface area (Å²) in [5, 5.41) is 8.78. The van der Waals surface area contributed by atoms with E-state index in [0.717, 1.165) is 18.9 Å². The Balaban J connectivity index is 1.41. The van der Waals surface area contributed by atoms with Gasteiger partial charge in [-0.25, -0.2) is 8.78 Å². The zero-order valence-electron chi connectivity index (χ0n) is 18.4. The average molecular weight is 455 g/mol. The monoisotopic (exact) mass is 454 g/mol. The van der Waals surface area contributed by atoms with Gasteiger partial charge in [-0.15, -0.1) is 11.3 Å². The number of thiophene rings is 1. The van der Waals surface area contributed by atoms with Crippen LogP contribution in [0.25, 0.3) is 10.4 Å². The summed E-state index contributed by atoms with van der Waals surface area (Å²) in [7, 11) is 0. The van der Waals surface area contributed by atoms with Gasteiger partial charge >= 0.3 is 0 Å². The average Bonchev–Trinajstić information content (AvgIpc) is 3.39. The van der Waals surface area contributed by atoms with Crippen LogP contribution in [0.2, 0.25) is 0 Å². The minimum Gasteiger partial charge on any atom is -0.353 e. The zero-order chi connectivity index (χ0) is 22.7. The summed E-state index contributed by atoms with van der Waals surface area (Å²) in [6, 6.07) is 14.2. The van der Waals surface area contributed by atoms with Gasteiger partial charge in [0.2, 0.25) is 5.91 Å². The second kappa shape index (κ2) is 9.51. The number of carbonyl (C=O) groups is 1. The van der Waals surface area contributed by atoms with E-state index in [1.807, 2.05) is 0 Å². The van der Waals surface area contributed by atoms with Crippen LogP contribution in [0, 0.1) is 18.6 Å². The van der Waals surface area contributed by atoms with Crippen molar-refractivity contribution in [2.24, 2.45) is 0 Å². The lowest BCUT2D eigenvalue weighted by Crippen LogP contribution is -2.39. The number of hydrogen-bond donors (Lipinski definition) is 2. The van der Waals surface area contributed by atoms with Crippen molar-refractivity contribution in [1.82, 2.24) is 10.6 Å². The Bertz CT molecular complexity index is 1090. The summed E-state index contributed by atoms with van der Waals surface area (Å²) >= 11 is 1.76. The smallest absolute Gasteiger partial charge is 0.217 e. The molecule has 0 spiro atoms. The first-order valence-electron chi connectivity index (χ1n) is 11.0. The molecule has 1 aromatic heterocycles. The highest BCUT2D eigenvalue weighted by Crippen LogP contribution is 2.46. The molecule has 1 heterocycles. The molecule has 6 heteroatoms. The van der Waals surface area contributed by atoms with Crippen LogP contribution < -0.4 is 10.6 Å². The van der Waals surface area contributed by atoms with Crippen LogP contribution in [0.5, 0.6) is 0 Å². The third-order valence-corrected chi connectivity index (χ3v) is 7.05. The Morgan fingerprint density at radius 3 is 2.50 bits per heavy atom. The summed E-state index contributed by atoms with van der Waals surface area (Å²) in [6.07, 6.45) is 3.19. The van der Waals surface area contributed by atoms with Crippen molar-refractivity contribution >= 4 is 17.2 Å². The van der Waals surface area contributed by atoms with E-state index in [4.69, 9.17) is 0 Å². The van der Waals surface area contributed by atoms with Crippen molar-refractivity contribution in [3.63, 3.8) is 0 Å². The van der Waals surface area contributed by atoms with Gasteiger partial charge in [-0.1, -0.05) is 18.2 Å². The van der Waals surface area contributed by atoms with Gasteiger partial charge in [0.1, 0.15) is 11.6 Å². The molecule has 0 aliphatic heterocycles. The molecule has 4 rings (SSSR count). The topological polar surface area (TPSA) is 41.1 Å². The fourth-order valence-electron chi connectivity index (χ4n) is 4.26. The van der Waals surface area contributed by atoms with Crippen molar-refractivity contribution in [1.29, 1.82) is 0 Å². The van der Waals surface area contributed by atoms with Crippen molar-refractivity contribution in [2.75, 3.05) is 6.54 Å². The van der Waals surface area contributed by atoms with E-state index in [9.17, 15) is 13.6 Å². The van der Waals surface area contributed by atoms with E-state index in [-0.39, 0.29) is 17.5 Å². The molecule has 0 saturated heterocycles. The van der Waals surface area contributed by atoms with Gasteiger partial charge in [-0.2, -0.15) is 0 Å². The van der Waals surface area contributed by atoms with Gasteiger partial charge in [0.25, 0.3) is 0 Å². The van der Waals surface area contributed by atoms with Crippen LogP contribution in [-0.4, -0.2) is 18.5 Å². The molecule has 32 heavy (non-hydrogen) atoms. The maximum atomic E-state index is 13.6. The molecule has 1 amide bonds. The predicted molar refractivity (Wildman–Crippen MR) is 126 cm³/mol. The Morgan fingerprint density at radius 2 is 1.88 bits per heavy atom. The molecule has 0 radical (unpaired) electrons. The van der Waals surface area contributed by atoms with E-state index in [1.165, 1.54) is 40.6 Å². The normalized spacial score (nSPS) is 15.4. The molecule has 1 fully saturated rings. The molecule has 3 nitrogen and oxygen atoms in total. The van der Waals surface area contributed by atoms with Gasteiger partial charge in [0.05, 0.1) is 0 Å². The lowest BCUT2D eigenvalue weighted by atomic mass is 9.99. The first-order chi connectivity index (χ1) is 15.3. The molecule has 1 aliphatic carbocycles. The molecule has 1 aliphatic rings. The molecule has 1 saturated carbocycles. The SMILES string of the molecule is CC(=O)N[C@H](CCNC1(c2cccc(-c3cc(C)cs3)c2)CC1)Cc1cc(F)cc(F)c1. The van der Waals surface area contributed by atoms with Crippen LogP contribution in [0.4, 0.5) is 8.78 Å². The highest BCUT2D eigenvalue weighted by molar-refractivity contribution is 7.13. The molecule has 2 aromatic carbocycles. The standard InChI is InChI=1S/C26H28F2N2OS/c1-17-10-25(32-16-17)20-4-3-5-21(14-20)26(7-8-26)29-9-6-24(30-18(2)31)13-19-11-22(27)15-23(28)12-19/h3-5,10-12,14-16,24,29H,6-9,13H2,1-2H3,(H,30,31)/t24-/m1/s1. The number of nitrogens with one attached hydrogen (secondary N) is 2. The van der Waals surface area contributed by atoms with E-state index >= 15 is 0 Å². The second-order valence-corrected chi connectivity index (χ2v) is 9.66. The Kier molecular flexibility index (Phi) is 6.72. The summed E-state index contributed by atoms with van der Waals surface area (Å²) in [5.74, 6) is -1.35. The van der Waals surface area contributed by atoms with Gasteiger partial charge in [-0.3, -0.25) is 4.79 Å². The van der Waals surface area contributed by atoms with E-state index in [0.29, 0.717) is 24.9 Å². The Labute approximate surface area is 191 Å². The number of amides is 1. The Hall–Kier alpha value is -2.57. The molecular weight excluding hydrogens is 426 g/mol. The van der Waals surface area contributed by atoms with Crippen molar-refractivity contribution < 1.29 is 13.6 Å². The quantitative estimate of drug-likeness (QED) is 0.434. The van der Waals surface area contributed by atoms with E-state index in [1.54, 1.807) is 11.3 Å². The second-order valence-electron chi connectivity index (χ2n) is 8.75. The van der Waals surface area contributed by atoms with Crippen LogP contribution in [0.3, 0.4) is 0 Å². The molecule has 0 unspecified atom stereocenters. The van der Waals surface area contributed by atoms with E-state index in [2.05, 4.69) is 53.3 Å². The molecule has 1 atom stereocenters. The summed E-state index contributed by atoms with van der Waals surface area (Å²) in [5.41, 5.74) is 4.30. The fourth-order valence-corrected chi connectivity index (χ4v) is 5.15. The molecule has 0 bridgehead atoms. The molecule has 2 N–H and O–H groups in total. The number of benzene rings is 2. The van der Waals surface area contributed by atoms with E-state index < -0.39 is 11.6 Å². The third kappa shape index (κ3) is 5.61. The summed E-state index contributed by atoms with van der Waals surface area (Å²) in [6.45, 7) is 4.27. The van der Waals surface area contributed by atoms with Gasteiger partial charge < -0.3 is 10.6 Å². The lowest BCUT2D eigenvalue weighted by molar-refractivity contribution is -0.119. The maximum Gasteiger partial charge on any atom is 0.217 e. The van der Waals surface area contributed by atoms with Crippen LogP contribution >= 0.6 is 11.3 Å². The van der Waals surface area contributed by atoms with Gasteiger partial charge in [0, 0.05) is 29.4 Å². The van der Waals surface area contributed by atoms with Crippen LogP contribution in [-0.2, 0) is 16.8 Å². The highest BCUT2D eigenvalue weighted by atomic mass is 32.1. The van der Waals surface area contributed by atoms with Crippen molar-refractivity contribution in [3.05, 3.63) is 82.2 Å². The number of aryl methyl sites for hydroxylation is 1. The van der Waals surface area contributed by atoms with Gasteiger partial charge in [0.15, 0.2) is 0 Å². The summed E-state index contributed by atoms with van der Waals surface area (Å²) in [4.78, 5) is 12.9. The highest BCUT2D eigenvalue weighted by Gasteiger charge is 2.43. The molecule has 168 valence electrons. The maximum absolute atomic E-state index is 13.6. The first-order valence-corrected chi connectivity index (χ1v) is 11.8. The minimum absolute atomic E-state index is 0.0337. The van der Waals surface area contributed by atoms with Crippen molar-refractivity contribution in [3.8, 4) is 10.4 Å². The largest absolute Gasteiger partial charge is 0.353 e.